The van der Waals surface area contributed by atoms with E-state index in [4.69, 9.17) is 4.42 Å². The standard InChI is InChI=1S/C19H23N5OS.HI/c1-4-20-19(22-11-17-23-13(2)14(3)25-17)21-10-16-12-26-18(24-16)15-8-6-5-7-9-15;/h5-9,12H,4,10-11H2,1-3H3,(H2,20,21,22);1H. The second kappa shape index (κ2) is 10.4. The Morgan fingerprint density at radius 3 is 2.59 bits per heavy atom. The fourth-order valence-corrected chi connectivity index (χ4v) is 3.19. The Hall–Kier alpha value is -1.94. The fourth-order valence-electron chi connectivity index (χ4n) is 2.37. The molecule has 0 aliphatic carbocycles. The van der Waals surface area contributed by atoms with Crippen LogP contribution in [0.1, 0.15) is 30.0 Å². The molecule has 0 spiro atoms. The fraction of sp³-hybridized carbons (Fsp3) is 0.316. The highest BCUT2D eigenvalue weighted by atomic mass is 127. The first kappa shape index (κ1) is 21.4. The molecule has 0 radical (unpaired) electrons. The lowest BCUT2D eigenvalue weighted by Gasteiger charge is -2.09. The molecule has 6 nitrogen and oxygen atoms in total. The van der Waals surface area contributed by atoms with Gasteiger partial charge in [-0.05, 0) is 20.8 Å². The molecule has 0 aliphatic rings. The molecular formula is C19H24IN5OS. The number of benzene rings is 1. The Kier molecular flexibility index (Phi) is 8.23. The van der Waals surface area contributed by atoms with E-state index >= 15 is 0 Å². The average molecular weight is 497 g/mol. The van der Waals surface area contributed by atoms with E-state index in [0.29, 0.717) is 19.0 Å². The van der Waals surface area contributed by atoms with E-state index in [1.807, 2.05) is 39.0 Å². The lowest BCUT2D eigenvalue weighted by atomic mass is 10.2. The summed E-state index contributed by atoms with van der Waals surface area (Å²) < 4.78 is 5.59. The summed E-state index contributed by atoms with van der Waals surface area (Å²) in [6, 6.07) is 10.2. The van der Waals surface area contributed by atoms with E-state index in [0.717, 1.165) is 40.2 Å². The van der Waals surface area contributed by atoms with E-state index in [9.17, 15) is 0 Å². The van der Waals surface area contributed by atoms with Crippen LogP contribution in [0.5, 0.6) is 0 Å². The topological polar surface area (TPSA) is 75.3 Å². The number of hydrogen-bond acceptors (Lipinski definition) is 5. The number of thiazole rings is 1. The highest BCUT2D eigenvalue weighted by molar-refractivity contribution is 14.0. The van der Waals surface area contributed by atoms with Crippen LogP contribution >= 0.6 is 35.3 Å². The van der Waals surface area contributed by atoms with Gasteiger partial charge in [0.05, 0.1) is 24.5 Å². The summed E-state index contributed by atoms with van der Waals surface area (Å²) in [7, 11) is 0. The molecule has 3 aromatic rings. The third kappa shape index (κ3) is 6.03. The maximum atomic E-state index is 5.59. The van der Waals surface area contributed by atoms with Crippen LogP contribution in [0.25, 0.3) is 10.6 Å². The normalized spacial score (nSPS) is 11.1. The summed E-state index contributed by atoms with van der Waals surface area (Å²) in [5.74, 6) is 2.22. The number of oxazole rings is 1. The van der Waals surface area contributed by atoms with Gasteiger partial charge in [-0.15, -0.1) is 35.3 Å². The van der Waals surface area contributed by atoms with Crippen LogP contribution in [-0.2, 0) is 13.1 Å². The van der Waals surface area contributed by atoms with Gasteiger partial charge in [0.25, 0.3) is 0 Å². The van der Waals surface area contributed by atoms with Gasteiger partial charge < -0.3 is 15.1 Å². The van der Waals surface area contributed by atoms with Crippen molar-refractivity contribution in [2.45, 2.75) is 33.9 Å². The van der Waals surface area contributed by atoms with Crippen molar-refractivity contribution in [1.82, 2.24) is 20.6 Å². The molecule has 144 valence electrons. The van der Waals surface area contributed by atoms with Crippen molar-refractivity contribution >= 4 is 41.3 Å². The maximum absolute atomic E-state index is 5.59. The molecule has 0 saturated carbocycles. The molecule has 0 atom stereocenters. The van der Waals surface area contributed by atoms with Gasteiger partial charge in [-0.1, -0.05) is 30.3 Å². The van der Waals surface area contributed by atoms with Gasteiger partial charge in [0.1, 0.15) is 10.8 Å². The number of aromatic nitrogens is 2. The molecule has 27 heavy (non-hydrogen) atoms. The van der Waals surface area contributed by atoms with Crippen LogP contribution in [0.4, 0.5) is 0 Å². The first-order chi connectivity index (χ1) is 12.7. The molecule has 2 aromatic heterocycles. The SMILES string of the molecule is CCNC(=NCc1csc(-c2ccccc2)n1)NCc1nc(C)c(C)o1.I. The molecular weight excluding hydrogens is 473 g/mol. The summed E-state index contributed by atoms with van der Waals surface area (Å²) in [4.78, 5) is 13.6. The molecule has 2 heterocycles. The van der Waals surface area contributed by atoms with Crippen LogP contribution in [0, 0.1) is 13.8 Å². The predicted molar refractivity (Wildman–Crippen MR) is 121 cm³/mol. The molecule has 3 rings (SSSR count). The zero-order valence-corrected chi connectivity index (χ0v) is 18.8. The molecule has 0 amide bonds. The van der Waals surface area contributed by atoms with Crippen molar-refractivity contribution in [3.05, 3.63) is 58.8 Å². The minimum Gasteiger partial charge on any atom is -0.444 e. The van der Waals surface area contributed by atoms with E-state index in [1.54, 1.807) is 11.3 Å². The van der Waals surface area contributed by atoms with Crippen LogP contribution in [-0.4, -0.2) is 22.5 Å². The van der Waals surface area contributed by atoms with Gasteiger partial charge >= 0.3 is 0 Å². The number of aliphatic imine (C=N–C) groups is 1. The quantitative estimate of drug-likeness (QED) is 0.302. The monoisotopic (exact) mass is 497 g/mol. The Morgan fingerprint density at radius 2 is 1.93 bits per heavy atom. The van der Waals surface area contributed by atoms with Gasteiger partial charge in [0.15, 0.2) is 5.96 Å². The van der Waals surface area contributed by atoms with Crippen molar-refractivity contribution in [1.29, 1.82) is 0 Å². The van der Waals surface area contributed by atoms with Crippen LogP contribution < -0.4 is 10.6 Å². The lowest BCUT2D eigenvalue weighted by molar-refractivity contribution is 0.463. The first-order valence-electron chi connectivity index (χ1n) is 8.60. The van der Waals surface area contributed by atoms with E-state index in [2.05, 4.69) is 43.1 Å². The summed E-state index contributed by atoms with van der Waals surface area (Å²) in [6.07, 6.45) is 0. The largest absolute Gasteiger partial charge is 0.444 e. The number of hydrogen-bond donors (Lipinski definition) is 2. The van der Waals surface area contributed by atoms with Gasteiger partial charge in [-0.3, -0.25) is 0 Å². The Balaban J connectivity index is 0.00000261. The minimum atomic E-state index is 0. The van der Waals surface area contributed by atoms with Crippen molar-refractivity contribution < 1.29 is 4.42 Å². The van der Waals surface area contributed by atoms with Crippen molar-refractivity contribution in [3.8, 4) is 10.6 Å². The molecule has 0 aliphatic heterocycles. The Morgan fingerprint density at radius 1 is 1.15 bits per heavy atom. The third-order valence-corrected chi connectivity index (χ3v) is 4.74. The lowest BCUT2D eigenvalue weighted by Crippen LogP contribution is -2.36. The third-order valence-electron chi connectivity index (χ3n) is 3.80. The Labute approximate surface area is 180 Å². The van der Waals surface area contributed by atoms with Crippen LogP contribution in [0.15, 0.2) is 45.1 Å². The van der Waals surface area contributed by atoms with Crippen molar-refractivity contribution in [2.24, 2.45) is 4.99 Å². The second-order valence-electron chi connectivity index (χ2n) is 5.81. The van der Waals surface area contributed by atoms with Crippen molar-refractivity contribution in [2.75, 3.05) is 6.54 Å². The number of nitrogens with zero attached hydrogens (tertiary/aromatic N) is 3. The summed E-state index contributed by atoms with van der Waals surface area (Å²) in [5, 5.41) is 9.54. The van der Waals surface area contributed by atoms with E-state index in [-0.39, 0.29) is 24.0 Å². The highest BCUT2D eigenvalue weighted by Crippen LogP contribution is 2.23. The first-order valence-corrected chi connectivity index (χ1v) is 9.48. The van der Waals surface area contributed by atoms with Gasteiger partial charge in [-0.25, -0.2) is 15.0 Å². The number of guanidine groups is 1. The van der Waals surface area contributed by atoms with E-state index < -0.39 is 0 Å². The van der Waals surface area contributed by atoms with Gasteiger partial charge in [-0.2, -0.15) is 0 Å². The minimum absolute atomic E-state index is 0. The molecule has 1 aromatic carbocycles. The highest BCUT2D eigenvalue weighted by Gasteiger charge is 2.07. The van der Waals surface area contributed by atoms with E-state index in [1.165, 1.54) is 0 Å². The van der Waals surface area contributed by atoms with Crippen molar-refractivity contribution in [3.63, 3.8) is 0 Å². The molecule has 0 saturated heterocycles. The number of nitrogens with one attached hydrogen (secondary N) is 2. The zero-order chi connectivity index (χ0) is 18.4. The maximum Gasteiger partial charge on any atom is 0.214 e. The Bertz CT molecular complexity index is 856. The molecule has 2 N–H and O–H groups in total. The summed E-state index contributed by atoms with van der Waals surface area (Å²) in [5.41, 5.74) is 3.00. The molecule has 0 fully saturated rings. The molecule has 0 bridgehead atoms. The number of halogens is 1. The van der Waals surface area contributed by atoms with Crippen LogP contribution in [0.2, 0.25) is 0 Å². The summed E-state index contributed by atoms with van der Waals surface area (Å²) in [6.45, 7) is 7.68. The number of rotatable bonds is 6. The zero-order valence-electron chi connectivity index (χ0n) is 15.7. The van der Waals surface area contributed by atoms with Gasteiger partial charge in [0.2, 0.25) is 5.89 Å². The predicted octanol–water partition coefficient (Wildman–Crippen LogP) is 4.29. The second-order valence-corrected chi connectivity index (χ2v) is 6.67. The van der Waals surface area contributed by atoms with Crippen LogP contribution in [0.3, 0.4) is 0 Å². The molecule has 8 heteroatoms. The van der Waals surface area contributed by atoms with Gasteiger partial charge in [0, 0.05) is 17.5 Å². The summed E-state index contributed by atoms with van der Waals surface area (Å²) >= 11 is 1.64. The number of aryl methyl sites for hydroxylation is 2. The smallest absolute Gasteiger partial charge is 0.214 e. The molecule has 0 unspecified atom stereocenters. The average Bonchev–Trinajstić information content (AvgIpc) is 3.25.